The van der Waals surface area contributed by atoms with Crippen LogP contribution in [0.5, 0.6) is 5.75 Å². The van der Waals surface area contributed by atoms with E-state index in [0.29, 0.717) is 17.0 Å². The third-order valence-electron chi connectivity index (χ3n) is 4.68. The maximum atomic E-state index is 12.7. The molecule has 0 aromatic heterocycles. The van der Waals surface area contributed by atoms with E-state index in [1.807, 2.05) is 6.92 Å². The van der Waals surface area contributed by atoms with E-state index in [2.05, 4.69) is 5.32 Å². The van der Waals surface area contributed by atoms with Gasteiger partial charge in [-0.05, 0) is 48.9 Å². The largest absolute Gasteiger partial charge is 0.497 e. The van der Waals surface area contributed by atoms with E-state index >= 15 is 0 Å². The van der Waals surface area contributed by atoms with Crippen molar-refractivity contribution < 1.29 is 17.9 Å². The van der Waals surface area contributed by atoms with E-state index in [1.54, 1.807) is 87.0 Å². The Labute approximate surface area is 177 Å². The highest BCUT2D eigenvalue weighted by atomic mass is 32.2. The fourth-order valence-electron chi connectivity index (χ4n) is 2.90. The molecular formula is C23H24N2O4S. The normalized spacial score (nSPS) is 11.3. The lowest BCUT2D eigenvalue weighted by Crippen LogP contribution is -2.26. The van der Waals surface area contributed by atoms with E-state index in [-0.39, 0.29) is 17.3 Å². The van der Waals surface area contributed by atoms with Crippen LogP contribution < -0.4 is 10.1 Å². The third kappa shape index (κ3) is 5.06. The molecular weight excluding hydrogens is 400 g/mol. The number of nitrogens with one attached hydrogen (secondary N) is 1. The van der Waals surface area contributed by atoms with Crippen LogP contribution in [0.15, 0.2) is 77.7 Å². The summed E-state index contributed by atoms with van der Waals surface area (Å²) in [7, 11) is -0.480. The van der Waals surface area contributed by atoms with Crippen molar-refractivity contribution in [1.29, 1.82) is 0 Å². The van der Waals surface area contributed by atoms with Crippen LogP contribution in [0.1, 0.15) is 21.5 Å². The van der Waals surface area contributed by atoms with Gasteiger partial charge in [-0.2, -0.15) is 4.31 Å². The van der Waals surface area contributed by atoms with Crippen LogP contribution in [0.3, 0.4) is 0 Å². The van der Waals surface area contributed by atoms with Crippen molar-refractivity contribution in [1.82, 2.24) is 4.31 Å². The number of ether oxygens (including phenoxy) is 1. The molecule has 0 fully saturated rings. The van der Waals surface area contributed by atoms with E-state index in [0.717, 1.165) is 11.1 Å². The van der Waals surface area contributed by atoms with E-state index in [1.165, 1.54) is 4.31 Å². The van der Waals surface area contributed by atoms with Crippen LogP contribution >= 0.6 is 0 Å². The number of methoxy groups -OCH3 is 1. The monoisotopic (exact) mass is 424 g/mol. The lowest BCUT2D eigenvalue weighted by Gasteiger charge is -2.17. The van der Waals surface area contributed by atoms with Crippen LogP contribution in [-0.2, 0) is 16.6 Å². The summed E-state index contributed by atoms with van der Waals surface area (Å²) >= 11 is 0. The molecule has 0 bridgehead atoms. The van der Waals surface area contributed by atoms with Gasteiger partial charge in [-0.1, -0.05) is 35.9 Å². The van der Waals surface area contributed by atoms with Gasteiger partial charge in [0.25, 0.3) is 5.91 Å². The second kappa shape index (κ2) is 9.11. The van der Waals surface area contributed by atoms with Gasteiger partial charge in [-0.15, -0.1) is 0 Å². The quantitative estimate of drug-likeness (QED) is 0.620. The second-order valence-corrected chi connectivity index (χ2v) is 9.00. The Morgan fingerprint density at radius 1 is 1.00 bits per heavy atom. The smallest absolute Gasteiger partial charge is 0.255 e. The summed E-state index contributed by atoms with van der Waals surface area (Å²) in [6, 6.07) is 20.7. The Morgan fingerprint density at radius 3 is 2.30 bits per heavy atom. The Balaban J connectivity index is 1.67. The van der Waals surface area contributed by atoms with Gasteiger partial charge in [0, 0.05) is 30.9 Å². The summed E-state index contributed by atoms with van der Waals surface area (Å²) in [5.74, 6) is 0.399. The van der Waals surface area contributed by atoms with Gasteiger partial charge in [0.15, 0.2) is 0 Å². The maximum Gasteiger partial charge on any atom is 0.255 e. The molecule has 0 saturated carbocycles. The van der Waals surface area contributed by atoms with Gasteiger partial charge in [-0.25, -0.2) is 8.42 Å². The molecule has 0 unspecified atom stereocenters. The van der Waals surface area contributed by atoms with Crippen LogP contribution in [-0.4, -0.2) is 32.8 Å². The molecule has 3 aromatic carbocycles. The standard InChI is InChI=1S/C23H24N2O4S/c1-17-7-13-22(14-8-17)30(27,28)25(2)16-18-9-11-19(12-10-18)23(26)24-20-5-4-6-21(15-20)29-3/h4-15H,16H2,1-3H3,(H,24,26). The first-order valence-electron chi connectivity index (χ1n) is 9.37. The summed E-state index contributed by atoms with van der Waals surface area (Å²) in [5.41, 5.74) is 2.89. The molecule has 7 heteroatoms. The number of amides is 1. The molecule has 0 atom stereocenters. The summed E-state index contributed by atoms with van der Waals surface area (Å²) in [6.07, 6.45) is 0. The lowest BCUT2D eigenvalue weighted by atomic mass is 10.1. The van der Waals surface area contributed by atoms with Crippen molar-refractivity contribution in [3.05, 3.63) is 89.5 Å². The first-order valence-corrected chi connectivity index (χ1v) is 10.8. The number of hydrogen-bond acceptors (Lipinski definition) is 4. The zero-order valence-corrected chi connectivity index (χ0v) is 17.9. The minimum atomic E-state index is -3.59. The van der Waals surface area contributed by atoms with E-state index in [9.17, 15) is 13.2 Å². The topological polar surface area (TPSA) is 75.7 Å². The van der Waals surface area contributed by atoms with Crippen molar-refractivity contribution >= 4 is 21.6 Å². The second-order valence-electron chi connectivity index (χ2n) is 6.96. The van der Waals surface area contributed by atoms with Gasteiger partial charge in [0.05, 0.1) is 12.0 Å². The van der Waals surface area contributed by atoms with Crippen molar-refractivity contribution in [3.63, 3.8) is 0 Å². The van der Waals surface area contributed by atoms with E-state index in [4.69, 9.17) is 4.74 Å². The summed E-state index contributed by atoms with van der Waals surface area (Å²) in [4.78, 5) is 12.7. The molecule has 3 aromatic rings. The maximum absolute atomic E-state index is 12.7. The number of carbonyl (C=O) groups excluding carboxylic acids is 1. The molecule has 0 radical (unpaired) electrons. The van der Waals surface area contributed by atoms with E-state index < -0.39 is 10.0 Å². The molecule has 6 nitrogen and oxygen atoms in total. The van der Waals surface area contributed by atoms with Gasteiger partial charge >= 0.3 is 0 Å². The highest BCUT2D eigenvalue weighted by Gasteiger charge is 2.20. The molecule has 0 aliphatic heterocycles. The lowest BCUT2D eigenvalue weighted by molar-refractivity contribution is 0.102. The molecule has 0 aliphatic rings. The van der Waals surface area contributed by atoms with Crippen LogP contribution in [0.4, 0.5) is 5.69 Å². The van der Waals surface area contributed by atoms with Crippen molar-refractivity contribution in [2.75, 3.05) is 19.5 Å². The first kappa shape index (κ1) is 21.5. The molecule has 30 heavy (non-hydrogen) atoms. The number of sulfonamides is 1. The molecule has 1 amide bonds. The van der Waals surface area contributed by atoms with Crippen LogP contribution in [0, 0.1) is 6.92 Å². The van der Waals surface area contributed by atoms with Gasteiger partial charge in [0.2, 0.25) is 10.0 Å². The highest BCUT2D eigenvalue weighted by molar-refractivity contribution is 7.89. The summed E-state index contributed by atoms with van der Waals surface area (Å²) in [5, 5.41) is 2.82. The number of carbonyl (C=O) groups is 1. The SMILES string of the molecule is COc1cccc(NC(=O)c2ccc(CN(C)S(=O)(=O)c3ccc(C)cc3)cc2)c1. The first-order chi connectivity index (χ1) is 14.3. The van der Waals surface area contributed by atoms with Gasteiger partial charge in [-0.3, -0.25) is 4.79 Å². The Morgan fingerprint density at radius 2 is 1.67 bits per heavy atom. The molecule has 3 rings (SSSR count). The van der Waals surface area contributed by atoms with Crippen LogP contribution in [0.25, 0.3) is 0 Å². The number of hydrogen-bond donors (Lipinski definition) is 1. The average Bonchev–Trinajstić information content (AvgIpc) is 2.74. The third-order valence-corrected chi connectivity index (χ3v) is 6.50. The van der Waals surface area contributed by atoms with Crippen molar-refractivity contribution in [2.24, 2.45) is 0 Å². The Kier molecular flexibility index (Phi) is 6.54. The molecule has 0 heterocycles. The predicted molar refractivity (Wildman–Crippen MR) is 117 cm³/mol. The predicted octanol–water partition coefficient (Wildman–Crippen LogP) is 4.08. The molecule has 0 saturated heterocycles. The zero-order chi connectivity index (χ0) is 21.7. The minimum absolute atomic E-state index is 0.202. The number of rotatable bonds is 7. The van der Waals surface area contributed by atoms with Gasteiger partial charge in [0.1, 0.15) is 5.75 Å². The molecule has 0 aliphatic carbocycles. The van der Waals surface area contributed by atoms with Crippen molar-refractivity contribution in [2.45, 2.75) is 18.4 Å². The molecule has 156 valence electrons. The Hall–Kier alpha value is -3.16. The summed E-state index contributed by atoms with van der Waals surface area (Å²) < 4.78 is 31.9. The number of benzene rings is 3. The van der Waals surface area contributed by atoms with Gasteiger partial charge < -0.3 is 10.1 Å². The molecule has 0 spiro atoms. The average molecular weight is 425 g/mol. The Bertz CT molecular complexity index is 1120. The van der Waals surface area contributed by atoms with Crippen molar-refractivity contribution in [3.8, 4) is 5.75 Å². The number of nitrogens with zero attached hydrogens (tertiary/aromatic N) is 1. The number of aryl methyl sites for hydroxylation is 1. The fraction of sp³-hybridized carbons (Fsp3) is 0.174. The molecule has 1 N–H and O–H groups in total. The minimum Gasteiger partial charge on any atom is -0.497 e. The number of anilines is 1. The zero-order valence-electron chi connectivity index (χ0n) is 17.1. The summed E-state index contributed by atoms with van der Waals surface area (Å²) in [6.45, 7) is 2.11. The van der Waals surface area contributed by atoms with Crippen LogP contribution in [0.2, 0.25) is 0 Å². The fourth-order valence-corrected chi connectivity index (χ4v) is 4.06. The highest BCUT2D eigenvalue weighted by Crippen LogP contribution is 2.19.